The lowest BCUT2D eigenvalue weighted by Crippen LogP contribution is -2.05. The molecule has 0 radical (unpaired) electrons. The number of hydrogen-bond acceptors (Lipinski definition) is 3. The maximum absolute atomic E-state index is 10.8. The predicted octanol–water partition coefficient (Wildman–Crippen LogP) is 3.07. The minimum Gasteiger partial charge on any atom is -0.477 e. The van der Waals surface area contributed by atoms with Crippen LogP contribution in [0.2, 0.25) is 10.0 Å². The van der Waals surface area contributed by atoms with Crippen LogP contribution >= 0.6 is 23.2 Å². The number of carbonyl (C=O) groups is 1. The van der Waals surface area contributed by atoms with Crippen molar-refractivity contribution >= 4 is 29.2 Å². The van der Waals surface area contributed by atoms with Gasteiger partial charge in [-0.3, -0.25) is 0 Å². The molecule has 0 amide bonds. The van der Waals surface area contributed by atoms with Crippen molar-refractivity contribution in [3.8, 4) is 0 Å². The molecular formula is C12H8Cl2N2O2. The summed E-state index contributed by atoms with van der Waals surface area (Å²) in [6.45, 7) is 0. The average Bonchev–Trinajstić information content (AvgIpc) is 2.34. The lowest BCUT2D eigenvalue weighted by atomic mass is 10.1. The van der Waals surface area contributed by atoms with Crippen LogP contribution in [-0.2, 0) is 6.42 Å². The molecule has 0 spiro atoms. The Kier molecular flexibility index (Phi) is 3.79. The van der Waals surface area contributed by atoms with Crippen molar-refractivity contribution < 1.29 is 9.90 Å². The fraction of sp³-hybridized carbons (Fsp3) is 0.0833. The van der Waals surface area contributed by atoms with E-state index in [0.717, 1.165) is 5.56 Å². The molecule has 1 heterocycles. The van der Waals surface area contributed by atoms with Crippen LogP contribution < -0.4 is 0 Å². The number of nitrogens with zero attached hydrogens (tertiary/aromatic N) is 2. The van der Waals surface area contributed by atoms with Crippen LogP contribution in [0.1, 0.15) is 21.9 Å². The number of carboxylic acid groups (broad SMARTS) is 1. The molecule has 2 aromatic rings. The zero-order valence-electron chi connectivity index (χ0n) is 9.10. The largest absolute Gasteiger partial charge is 0.477 e. The van der Waals surface area contributed by atoms with Gasteiger partial charge in [0.2, 0.25) is 0 Å². The lowest BCUT2D eigenvalue weighted by molar-refractivity contribution is 0.0690. The smallest absolute Gasteiger partial charge is 0.354 e. The zero-order valence-corrected chi connectivity index (χ0v) is 10.6. The van der Waals surface area contributed by atoms with Gasteiger partial charge in [0.1, 0.15) is 5.82 Å². The molecule has 1 aromatic heterocycles. The molecule has 0 bridgehead atoms. The molecule has 0 saturated carbocycles. The summed E-state index contributed by atoms with van der Waals surface area (Å²) in [5, 5.41) is 9.75. The van der Waals surface area contributed by atoms with E-state index in [4.69, 9.17) is 28.3 Å². The van der Waals surface area contributed by atoms with Crippen LogP contribution in [0.3, 0.4) is 0 Å². The number of halogens is 2. The van der Waals surface area contributed by atoms with E-state index in [1.165, 1.54) is 12.3 Å². The maximum atomic E-state index is 10.8. The van der Waals surface area contributed by atoms with Gasteiger partial charge in [-0.05, 0) is 23.8 Å². The molecule has 92 valence electrons. The Morgan fingerprint density at radius 3 is 2.67 bits per heavy atom. The van der Waals surface area contributed by atoms with E-state index in [2.05, 4.69) is 9.97 Å². The summed E-state index contributed by atoms with van der Waals surface area (Å²) in [6.07, 6.45) is 1.82. The number of rotatable bonds is 3. The second-order valence-electron chi connectivity index (χ2n) is 3.59. The summed E-state index contributed by atoms with van der Waals surface area (Å²) in [5.41, 5.74) is 0.840. The van der Waals surface area contributed by atoms with Crippen molar-refractivity contribution in [1.82, 2.24) is 9.97 Å². The van der Waals surface area contributed by atoms with Gasteiger partial charge >= 0.3 is 5.97 Å². The summed E-state index contributed by atoms with van der Waals surface area (Å²) >= 11 is 11.7. The number of aromatic nitrogens is 2. The summed E-state index contributed by atoms with van der Waals surface area (Å²) < 4.78 is 0. The van der Waals surface area contributed by atoms with Gasteiger partial charge < -0.3 is 5.11 Å². The van der Waals surface area contributed by atoms with E-state index in [9.17, 15) is 4.79 Å². The van der Waals surface area contributed by atoms with Gasteiger partial charge in [-0.15, -0.1) is 0 Å². The number of aromatic carboxylic acids is 1. The molecule has 18 heavy (non-hydrogen) atoms. The van der Waals surface area contributed by atoms with Crippen LogP contribution in [0.4, 0.5) is 0 Å². The molecule has 0 aliphatic heterocycles. The minimum atomic E-state index is -1.08. The third-order valence-corrected chi connectivity index (χ3v) is 3.01. The Bertz CT molecular complexity index is 602. The monoisotopic (exact) mass is 282 g/mol. The predicted molar refractivity (Wildman–Crippen MR) is 68.3 cm³/mol. The number of benzene rings is 1. The molecule has 0 aliphatic carbocycles. The molecule has 0 saturated heterocycles. The van der Waals surface area contributed by atoms with E-state index >= 15 is 0 Å². The first-order valence-electron chi connectivity index (χ1n) is 5.05. The van der Waals surface area contributed by atoms with E-state index < -0.39 is 5.97 Å². The molecular weight excluding hydrogens is 275 g/mol. The third-order valence-electron chi connectivity index (χ3n) is 2.27. The SMILES string of the molecule is O=C(O)c1ccnc(Cc2ccc(Cl)c(Cl)c2)n1. The van der Waals surface area contributed by atoms with Gasteiger partial charge in [0, 0.05) is 12.6 Å². The highest BCUT2D eigenvalue weighted by atomic mass is 35.5. The first-order valence-corrected chi connectivity index (χ1v) is 5.81. The van der Waals surface area contributed by atoms with Crippen molar-refractivity contribution in [3.63, 3.8) is 0 Å². The molecule has 0 fully saturated rings. The van der Waals surface area contributed by atoms with Crippen LogP contribution in [0.15, 0.2) is 30.5 Å². The fourth-order valence-electron chi connectivity index (χ4n) is 1.44. The minimum absolute atomic E-state index is 0.0277. The van der Waals surface area contributed by atoms with Gasteiger partial charge in [0.05, 0.1) is 10.0 Å². The highest BCUT2D eigenvalue weighted by Gasteiger charge is 2.07. The van der Waals surface area contributed by atoms with Gasteiger partial charge in [-0.1, -0.05) is 29.3 Å². The van der Waals surface area contributed by atoms with Gasteiger partial charge in [-0.2, -0.15) is 0 Å². The van der Waals surface area contributed by atoms with Gasteiger partial charge in [0.25, 0.3) is 0 Å². The summed E-state index contributed by atoms with van der Waals surface area (Å²) in [5.74, 6) is -0.652. The Labute approximate surface area is 113 Å². The van der Waals surface area contributed by atoms with E-state index in [1.54, 1.807) is 18.2 Å². The maximum Gasteiger partial charge on any atom is 0.354 e. The van der Waals surface area contributed by atoms with Crippen LogP contribution in [0.25, 0.3) is 0 Å². The fourth-order valence-corrected chi connectivity index (χ4v) is 1.76. The topological polar surface area (TPSA) is 63.1 Å². The first-order chi connectivity index (χ1) is 8.56. The molecule has 0 aliphatic rings. The Hall–Kier alpha value is -1.65. The summed E-state index contributed by atoms with van der Waals surface area (Å²) in [6, 6.07) is 6.53. The number of hydrogen-bond donors (Lipinski definition) is 1. The Morgan fingerprint density at radius 2 is 2.00 bits per heavy atom. The number of carboxylic acids is 1. The lowest BCUT2D eigenvalue weighted by Gasteiger charge is -2.03. The van der Waals surface area contributed by atoms with Crippen LogP contribution in [-0.4, -0.2) is 21.0 Å². The highest BCUT2D eigenvalue weighted by molar-refractivity contribution is 6.42. The Morgan fingerprint density at radius 1 is 1.22 bits per heavy atom. The van der Waals surface area contributed by atoms with E-state index in [1.807, 2.05) is 0 Å². The van der Waals surface area contributed by atoms with Crippen molar-refractivity contribution in [2.24, 2.45) is 0 Å². The van der Waals surface area contributed by atoms with Gasteiger partial charge in [0.15, 0.2) is 5.69 Å². The van der Waals surface area contributed by atoms with Crippen molar-refractivity contribution in [1.29, 1.82) is 0 Å². The molecule has 1 aromatic carbocycles. The van der Waals surface area contributed by atoms with E-state index in [0.29, 0.717) is 22.3 Å². The van der Waals surface area contributed by atoms with Crippen LogP contribution in [0, 0.1) is 0 Å². The van der Waals surface area contributed by atoms with Gasteiger partial charge in [-0.25, -0.2) is 14.8 Å². The molecule has 6 heteroatoms. The zero-order chi connectivity index (χ0) is 13.1. The summed E-state index contributed by atoms with van der Waals surface area (Å²) in [4.78, 5) is 18.7. The van der Waals surface area contributed by atoms with Crippen molar-refractivity contribution in [3.05, 3.63) is 57.6 Å². The average molecular weight is 283 g/mol. The standard InChI is InChI=1S/C12H8Cl2N2O2/c13-8-2-1-7(5-9(8)14)6-11-15-4-3-10(16-11)12(17)18/h1-5H,6H2,(H,17,18). The highest BCUT2D eigenvalue weighted by Crippen LogP contribution is 2.23. The Balaban J connectivity index is 2.25. The molecule has 4 nitrogen and oxygen atoms in total. The first kappa shape index (κ1) is 12.8. The quantitative estimate of drug-likeness (QED) is 0.940. The van der Waals surface area contributed by atoms with Crippen molar-refractivity contribution in [2.45, 2.75) is 6.42 Å². The van der Waals surface area contributed by atoms with Crippen molar-refractivity contribution in [2.75, 3.05) is 0 Å². The second-order valence-corrected chi connectivity index (χ2v) is 4.40. The molecule has 0 atom stereocenters. The summed E-state index contributed by atoms with van der Waals surface area (Å²) in [7, 11) is 0. The molecule has 0 unspecified atom stereocenters. The normalized spacial score (nSPS) is 10.3. The second kappa shape index (κ2) is 5.33. The van der Waals surface area contributed by atoms with E-state index in [-0.39, 0.29) is 5.69 Å². The molecule has 1 N–H and O–H groups in total. The molecule has 2 rings (SSSR count). The third kappa shape index (κ3) is 2.97. The van der Waals surface area contributed by atoms with Crippen LogP contribution in [0.5, 0.6) is 0 Å².